The summed E-state index contributed by atoms with van der Waals surface area (Å²) in [6, 6.07) is 1.84. The topological polar surface area (TPSA) is 81.8 Å². The van der Waals surface area contributed by atoms with Crippen LogP contribution in [-0.4, -0.2) is 27.7 Å². The fourth-order valence-corrected chi connectivity index (χ4v) is 1.07. The van der Waals surface area contributed by atoms with Gasteiger partial charge in [-0.2, -0.15) is 5.26 Å². The Morgan fingerprint density at radius 2 is 2.20 bits per heavy atom. The Hall–Kier alpha value is -1.67. The van der Waals surface area contributed by atoms with Crippen LogP contribution in [0.4, 0.5) is 5.82 Å². The van der Waals surface area contributed by atoms with E-state index < -0.39 is 0 Å². The number of nitrogens with one attached hydrogen (secondary N) is 1. The third-order valence-corrected chi connectivity index (χ3v) is 2.10. The molecule has 0 aliphatic carbocycles. The molecule has 0 aromatic carbocycles. The molecule has 5 nitrogen and oxygen atoms in total. The molecule has 1 atom stereocenters. The molecule has 1 aromatic rings. The van der Waals surface area contributed by atoms with Gasteiger partial charge in [-0.3, -0.25) is 0 Å². The number of aromatic nitrogens is 2. The molecule has 1 heterocycles. The molecular formula is C10H14N4O. The summed E-state index contributed by atoms with van der Waals surface area (Å²) in [5.41, 5.74) is 0.283. The molecule has 1 rings (SSSR count). The lowest BCUT2D eigenvalue weighted by atomic mass is 10.1. The number of anilines is 1. The fourth-order valence-electron chi connectivity index (χ4n) is 1.07. The number of hydrogen-bond acceptors (Lipinski definition) is 5. The van der Waals surface area contributed by atoms with Gasteiger partial charge in [-0.15, -0.1) is 0 Å². The van der Waals surface area contributed by atoms with Crippen LogP contribution < -0.4 is 5.32 Å². The van der Waals surface area contributed by atoms with Crippen LogP contribution in [0.25, 0.3) is 0 Å². The van der Waals surface area contributed by atoms with Crippen molar-refractivity contribution < 1.29 is 5.11 Å². The van der Waals surface area contributed by atoms with Gasteiger partial charge in [0.2, 0.25) is 0 Å². The van der Waals surface area contributed by atoms with Crippen LogP contribution in [-0.2, 0) is 0 Å². The minimum atomic E-state index is -0.0489. The SMILES string of the molecule is CC(C)C(CO)Nc1cnc(C#N)cn1. The van der Waals surface area contributed by atoms with E-state index in [1.165, 1.54) is 12.4 Å². The lowest BCUT2D eigenvalue weighted by molar-refractivity contribution is 0.249. The Morgan fingerprint density at radius 1 is 1.47 bits per heavy atom. The van der Waals surface area contributed by atoms with Gasteiger partial charge in [-0.1, -0.05) is 13.8 Å². The zero-order valence-electron chi connectivity index (χ0n) is 8.81. The van der Waals surface area contributed by atoms with Gasteiger partial charge in [-0.25, -0.2) is 9.97 Å². The van der Waals surface area contributed by atoms with Gasteiger partial charge in [0.15, 0.2) is 5.69 Å². The van der Waals surface area contributed by atoms with E-state index >= 15 is 0 Å². The summed E-state index contributed by atoms with van der Waals surface area (Å²) in [5.74, 6) is 0.870. The highest BCUT2D eigenvalue weighted by Crippen LogP contribution is 2.08. The van der Waals surface area contributed by atoms with Gasteiger partial charge in [0.1, 0.15) is 11.9 Å². The second kappa shape index (κ2) is 5.27. The van der Waals surface area contributed by atoms with E-state index in [0.29, 0.717) is 11.7 Å². The third-order valence-electron chi connectivity index (χ3n) is 2.10. The molecule has 15 heavy (non-hydrogen) atoms. The molecule has 1 unspecified atom stereocenters. The molecule has 1 aromatic heterocycles. The van der Waals surface area contributed by atoms with Gasteiger partial charge >= 0.3 is 0 Å². The Balaban J connectivity index is 2.68. The lowest BCUT2D eigenvalue weighted by Gasteiger charge is -2.19. The maximum absolute atomic E-state index is 9.10. The van der Waals surface area contributed by atoms with Crippen molar-refractivity contribution >= 4 is 5.82 Å². The van der Waals surface area contributed by atoms with Crippen molar-refractivity contribution in [1.29, 1.82) is 5.26 Å². The van der Waals surface area contributed by atoms with E-state index in [4.69, 9.17) is 10.4 Å². The minimum absolute atomic E-state index is 0.0410. The Morgan fingerprint density at radius 3 is 2.60 bits per heavy atom. The number of hydrogen-bond donors (Lipinski definition) is 2. The van der Waals surface area contributed by atoms with Crippen molar-refractivity contribution in [3.63, 3.8) is 0 Å². The third kappa shape index (κ3) is 3.18. The highest BCUT2D eigenvalue weighted by atomic mass is 16.3. The predicted molar refractivity (Wildman–Crippen MR) is 56.1 cm³/mol. The number of aliphatic hydroxyl groups excluding tert-OH is 1. The molecule has 0 aliphatic rings. The molecule has 0 spiro atoms. The average Bonchev–Trinajstić information content (AvgIpc) is 2.26. The van der Waals surface area contributed by atoms with Crippen molar-refractivity contribution in [2.75, 3.05) is 11.9 Å². The lowest BCUT2D eigenvalue weighted by Crippen LogP contribution is -2.29. The molecule has 2 N–H and O–H groups in total. The van der Waals surface area contributed by atoms with Crippen LogP contribution in [0.1, 0.15) is 19.5 Å². The van der Waals surface area contributed by atoms with Crippen LogP contribution in [0.2, 0.25) is 0 Å². The summed E-state index contributed by atoms with van der Waals surface area (Å²) >= 11 is 0. The predicted octanol–water partition coefficient (Wildman–Crippen LogP) is 0.777. The van der Waals surface area contributed by atoms with Gasteiger partial charge in [-0.05, 0) is 5.92 Å². The number of nitriles is 1. The smallest absolute Gasteiger partial charge is 0.158 e. The molecule has 0 radical (unpaired) electrons. The Labute approximate surface area is 88.8 Å². The number of aliphatic hydroxyl groups is 1. The first-order valence-electron chi connectivity index (χ1n) is 4.77. The minimum Gasteiger partial charge on any atom is -0.394 e. The van der Waals surface area contributed by atoms with Gasteiger partial charge in [0.25, 0.3) is 0 Å². The average molecular weight is 206 g/mol. The normalized spacial score (nSPS) is 12.2. The molecule has 0 saturated carbocycles. The van der Waals surface area contributed by atoms with Crippen molar-refractivity contribution in [2.45, 2.75) is 19.9 Å². The van der Waals surface area contributed by atoms with Crippen molar-refractivity contribution in [3.05, 3.63) is 18.1 Å². The molecule has 0 saturated heterocycles. The summed E-state index contributed by atoms with van der Waals surface area (Å²) in [5, 5.41) is 20.7. The fraction of sp³-hybridized carbons (Fsp3) is 0.500. The van der Waals surface area contributed by atoms with E-state index in [0.717, 1.165) is 0 Å². The summed E-state index contributed by atoms with van der Waals surface area (Å²) in [4.78, 5) is 7.89. The second-order valence-electron chi connectivity index (χ2n) is 3.58. The second-order valence-corrected chi connectivity index (χ2v) is 3.58. The first-order valence-corrected chi connectivity index (χ1v) is 4.77. The summed E-state index contributed by atoms with van der Waals surface area (Å²) in [6.07, 6.45) is 2.89. The summed E-state index contributed by atoms with van der Waals surface area (Å²) in [7, 11) is 0. The van der Waals surface area contributed by atoms with Crippen molar-refractivity contribution in [3.8, 4) is 6.07 Å². The van der Waals surface area contributed by atoms with Crippen LogP contribution in [0.15, 0.2) is 12.4 Å². The van der Waals surface area contributed by atoms with Crippen LogP contribution in [0.5, 0.6) is 0 Å². The molecule has 80 valence electrons. The highest BCUT2D eigenvalue weighted by Gasteiger charge is 2.12. The van der Waals surface area contributed by atoms with Crippen molar-refractivity contribution in [1.82, 2.24) is 9.97 Å². The molecule has 0 amide bonds. The summed E-state index contributed by atoms with van der Waals surface area (Å²) in [6.45, 7) is 4.05. The van der Waals surface area contributed by atoms with E-state index in [1.54, 1.807) is 0 Å². The van der Waals surface area contributed by atoms with E-state index in [-0.39, 0.29) is 18.3 Å². The van der Waals surface area contributed by atoms with Crippen LogP contribution in [0, 0.1) is 17.2 Å². The van der Waals surface area contributed by atoms with Gasteiger partial charge in [0, 0.05) is 0 Å². The molecule has 5 heteroatoms. The summed E-state index contributed by atoms with van der Waals surface area (Å²) < 4.78 is 0. The van der Waals surface area contributed by atoms with E-state index in [2.05, 4.69) is 15.3 Å². The molecular weight excluding hydrogens is 192 g/mol. The molecule has 0 bridgehead atoms. The van der Waals surface area contributed by atoms with E-state index in [1.807, 2.05) is 19.9 Å². The first kappa shape index (κ1) is 11.4. The van der Waals surface area contributed by atoms with E-state index in [9.17, 15) is 0 Å². The zero-order chi connectivity index (χ0) is 11.3. The highest BCUT2D eigenvalue weighted by molar-refractivity contribution is 5.34. The Kier molecular flexibility index (Phi) is 4.01. The monoisotopic (exact) mass is 206 g/mol. The molecule has 0 aliphatic heterocycles. The van der Waals surface area contributed by atoms with Crippen molar-refractivity contribution in [2.24, 2.45) is 5.92 Å². The first-order chi connectivity index (χ1) is 7.17. The number of nitrogens with zero attached hydrogens (tertiary/aromatic N) is 3. The Bertz CT molecular complexity index is 341. The maximum atomic E-state index is 9.10. The number of rotatable bonds is 4. The van der Waals surface area contributed by atoms with Crippen LogP contribution in [0.3, 0.4) is 0 Å². The van der Waals surface area contributed by atoms with Gasteiger partial charge in [0.05, 0.1) is 25.0 Å². The quantitative estimate of drug-likeness (QED) is 0.760. The largest absolute Gasteiger partial charge is 0.394 e. The maximum Gasteiger partial charge on any atom is 0.158 e. The van der Waals surface area contributed by atoms with Gasteiger partial charge < -0.3 is 10.4 Å². The standard InChI is InChI=1S/C10H14N4O/c1-7(2)9(6-15)14-10-5-12-8(3-11)4-13-10/h4-5,7,9,15H,6H2,1-2H3,(H,13,14). The van der Waals surface area contributed by atoms with Crippen LogP contribution >= 0.6 is 0 Å². The molecule has 0 fully saturated rings. The zero-order valence-corrected chi connectivity index (χ0v) is 8.81.